The van der Waals surface area contributed by atoms with Crippen molar-refractivity contribution in [2.45, 2.75) is 61.2 Å². The van der Waals surface area contributed by atoms with Crippen molar-refractivity contribution in [3.05, 3.63) is 120 Å². The van der Waals surface area contributed by atoms with Crippen LogP contribution in [0.25, 0.3) is 70.6 Å². The Balaban J connectivity index is 1.17. The van der Waals surface area contributed by atoms with Crippen LogP contribution >= 0.6 is 11.3 Å². The van der Waals surface area contributed by atoms with E-state index in [0.29, 0.717) is 30.1 Å². The van der Waals surface area contributed by atoms with Crippen molar-refractivity contribution in [3.8, 4) is 0 Å². The Bertz CT molecular complexity index is 3380. The maximum absolute atomic E-state index is 12.9. The average Bonchev–Trinajstić information content (AvgIpc) is 3.93. The first-order valence-corrected chi connectivity index (χ1v) is 20.6. The summed E-state index contributed by atoms with van der Waals surface area (Å²) in [5.41, 5.74) is 23.3. The van der Waals surface area contributed by atoms with Crippen LogP contribution in [0.4, 0.5) is 0 Å². The highest BCUT2D eigenvalue weighted by Gasteiger charge is 2.96. The fourth-order valence-electron chi connectivity index (χ4n) is 17.4. The van der Waals surface area contributed by atoms with Crippen LogP contribution in [0.3, 0.4) is 0 Å². The predicted octanol–water partition coefficient (Wildman–Crippen LogP) is 10.7. The van der Waals surface area contributed by atoms with Crippen LogP contribution in [0.15, 0.2) is 70.7 Å². The van der Waals surface area contributed by atoms with E-state index in [1.165, 1.54) is 5.39 Å². The molecule has 1 heterocycles. The molecule has 18 rings (SSSR count). The number of thiophene rings is 1. The second-order valence-corrected chi connectivity index (χ2v) is 19.5. The molecule has 2 fully saturated rings. The molecule has 3 heteroatoms. The number of methoxy groups -OCH3 is 1. The number of hydrogen-bond donors (Lipinski definition) is 0. The first-order valence-electron chi connectivity index (χ1n) is 19.8. The molecule has 0 saturated heterocycles. The molecular formula is C49H28O2S. The number of rotatable bonds is 5. The molecule has 0 bridgehead atoms. The van der Waals surface area contributed by atoms with Gasteiger partial charge < -0.3 is 4.74 Å². The van der Waals surface area contributed by atoms with Gasteiger partial charge in [-0.2, -0.15) is 0 Å². The van der Waals surface area contributed by atoms with Crippen molar-refractivity contribution in [2.24, 2.45) is 17.3 Å². The van der Waals surface area contributed by atoms with Crippen molar-refractivity contribution in [1.82, 2.24) is 0 Å². The topological polar surface area (TPSA) is 26.3 Å². The third-order valence-corrected chi connectivity index (χ3v) is 18.8. The molecule has 6 aromatic carbocycles. The van der Waals surface area contributed by atoms with Gasteiger partial charge in [0.05, 0.1) is 7.11 Å². The van der Waals surface area contributed by atoms with Gasteiger partial charge in [0, 0.05) is 51.2 Å². The van der Waals surface area contributed by atoms with Gasteiger partial charge in [-0.15, -0.1) is 11.3 Å². The quantitative estimate of drug-likeness (QED) is 0.103. The van der Waals surface area contributed by atoms with Crippen molar-refractivity contribution in [3.63, 3.8) is 0 Å². The SMILES string of the molecule is COC(=O)CCCC1(c2cccs2)C23C4=CC5C=C6Cc7cc8cc9c%10c%11c%12c%13c(c%14c%15c(c6c7c6c8c%10c%13c%156)C5C%1421)C1=C3C(=CC(C=C%11C9)C1%12)C4. The van der Waals surface area contributed by atoms with Crippen LogP contribution in [0, 0.1) is 17.3 Å². The van der Waals surface area contributed by atoms with E-state index in [1.807, 2.05) is 11.3 Å². The zero-order chi connectivity index (χ0) is 32.8. The number of ether oxygens (including phenoxy) is 1. The molecular weight excluding hydrogens is 653 g/mol. The third-order valence-electron chi connectivity index (χ3n) is 17.8. The highest BCUT2D eigenvalue weighted by molar-refractivity contribution is 7.10. The largest absolute Gasteiger partial charge is 0.469 e. The lowest BCUT2D eigenvalue weighted by Gasteiger charge is -2.43. The fraction of sp³-hybridized carbons (Fsp3) is 0.286. The number of carbonyl (C=O) groups is 1. The molecule has 0 amide bonds. The summed E-state index contributed by atoms with van der Waals surface area (Å²) >= 11 is 2.00. The van der Waals surface area contributed by atoms with E-state index in [-0.39, 0.29) is 22.2 Å². The van der Waals surface area contributed by atoms with Gasteiger partial charge in [0.15, 0.2) is 0 Å². The summed E-state index contributed by atoms with van der Waals surface area (Å²) in [6.07, 6.45) is 16.8. The summed E-state index contributed by atoms with van der Waals surface area (Å²) in [4.78, 5) is 14.4. The molecule has 52 heavy (non-hydrogen) atoms. The minimum absolute atomic E-state index is 0.0354. The van der Waals surface area contributed by atoms with Gasteiger partial charge in [-0.1, -0.05) is 48.1 Å². The number of allylic oxidation sites excluding steroid dienone is 10. The minimum atomic E-state index is -0.0789. The second-order valence-electron chi connectivity index (χ2n) is 18.6. The standard InChI is InChI=1S/C49H28O2S/c1-51-27(50)5-2-6-47(26-4-3-7-52-26)48-25-15-23-14-22-12-18-8-17-9-20-10-19-11-21-13-24(16-25)45-40-31(21)30(19)35-32(20)34-28(17)29(18)36-33(22)41(44(23)48)43-39(36)37(34)38(35)42(40)46(43)49(45,47)48/h3-4,7,9-10,12-14,16,22,24,33,45H,2,5-6,8,11,15H2,1H3. The Kier molecular flexibility index (Phi) is 3.09. The average molecular weight is 681 g/mol. The fourth-order valence-corrected chi connectivity index (χ4v) is 18.5. The molecule has 2 spiro atoms. The lowest BCUT2D eigenvalue weighted by Crippen LogP contribution is -2.36. The number of esters is 1. The number of benzene rings is 5. The Morgan fingerprint density at radius 2 is 1.56 bits per heavy atom. The Hall–Kier alpha value is -4.73. The molecule has 7 atom stereocenters. The summed E-state index contributed by atoms with van der Waals surface area (Å²) in [6, 6.07) is 10.1. The minimum Gasteiger partial charge on any atom is -0.469 e. The normalized spacial score (nSPS) is 34.9. The Morgan fingerprint density at radius 3 is 2.35 bits per heavy atom. The molecule has 0 aliphatic heterocycles. The van der Waals surface area contributed by atoms with Gasteiger partial charge in [0.2, 0.25) is 0 Å². The molecule has 7 unspecified atom stereocenters. The molecule has 2 saturated carbocycles. The molecule has 1 aromatic heterocycles. The van der Waals surface area contributed by atoms with Gasteiger partial charge in [-0.05, 0) is 170 Å². The van der Waals surface area contributed by atoms with E-state index < -0.39 is 0 Å². The second kappa shape index (κ2) is 6.56. The van der Waals surface area contributed by atoms with Crippen molar-refractivity contribution < 1.29 is 9.53 Å². The van der Waals surface area contributed by atoms with Gasteiger partial charge in [-0.25, -0.2) is 0 Å². The van der Waals surface area contributed by atoms with Crippen LogP contribution in [-0.2, 0) is 33.2 Å². The van der Waals surface area contributed by atoms with Crippen LogP contribution in [0.5, 0.6) is 0 Å². The van der Waals surface area contributed by atoms with Gasteiger partial charge >= 0.3 is 5.97 Å². The highest BCUT2D eigenvalue weighted by Crippen LogP contribution is 2.99. The first-order chi connectivity index (χ1) is 25.6. The number of hydrogen-bond acceptors (Lipinski definition) is 3. The van der Waals surface area contributed by atoms with Crippen LogP contribution in [0.2, 0.25) is 0 Å². The third kappa shape index (κ3) is 1.73. The zero-order valence-electron chi connectivity index (χ0n) is 28.5. The molecule has 242 valence electrons. The lowest BCUT2D eigenvalue weighted by atomic mass is 9.59. The van der Waals surface area contributed by atoms with Crippen LogP contribution in [-0.4, -0.2) is 13.1 Å². The van der Waals surface area contributed by atoms with E-state index in [2.05, 4.69) is 53.9 Å². The molecule has 0 N–H and O–H groups in total. The summed E-state index contributed by atoms with van der Waals surface area (Å²) in [7, 11) is 1.56. The van der Waals surface area contributed by atoms with E-state index >= 15 is 0 Å². The molecule has 11 aliphatic rings. The summed E-state index contributed by atoms with van der Waals surface area (Å²) in [6.45, 7) is 0. The monoisotopic (exact) mass is 680 g/mol. The first kappa shape index (κ1) is 24.5. The van der Waals surface area contributed by atoms with Crippen LogP contribution in [0.1, 0.15) is 86.9 Å². The zero-order valence-corrected chi connectivity index (χ0v) is 29.3. The van der Waals surface area contributed by atoms with E-state index in [0.717, 1.165) is 32.1 Å². The Labute approximate surface area is 301 Å². The van der Waals surface area contributed by atoms with Crippen molar-refractivity contribution in [2.75, 3.05) is 7.11 Å². The van der Waals surface area contributed by atoms with Crippen molar-refractivity contribution in [1.29, 1.82) is 0 Å². The predicted molar refractivity (Wildman–Crippen MR) is 207 cm³/mol. The molecule has 11 aliphatic carbocycles. The van der Waals surface area contributed by atoms with Gasteiger partial charge in [0.1, 0.15) is 0 Å². The maximum atomic E-state index is 12.9. The van der Waals surface area contributed by atoms with Crippen LogP contribution < -0.4 is 0 Å². The number of carbonyl (C=O) groups excluding carboxylic acids is 1. The summed E-state index contributed by atoms with van der Waals surface area (Å²) < 4.78 is 5.30. The highest BCUT2D eigenvalue weighted by atomic mass is 32.1. The Morgan fingerprint density at radius 1 is 0.808 bits per heavy atom. The van der Waals surface area contributed by atoms with E-state index in [4.69, 9.17) is 4.74 Å². The van der Waals surface area contributed by atoms with Gasteiger partial charge in [-0.3, -0.25) is 4.79 Å². The van der Waals surface area contributed by atoms with Gasteiger partial charge in [0.25, 0.3) is 0 Å². The molecule has 0 radical (unpaired) electrons. The smallest absolute Gasteiger partial charge is 0.305 e. The summed E-state index contributed by atoms with van der Waals surface area (Å²) in [5, 5.41) is 18.6. The lowest BCUT2D eigenvalue weighted by molar-refractivity contribution is -0.140. The molecule has 7 aromatic rings. The van der Waals surface area contributed by atoms with E-state index in [9.17, 15) is 4.79 Å². The molecule has 2 nitrogen and oxygen atoms in total. The van der Waals surface area contributed by atoms with Crippen molar-refractivity contribution >= 4 is 87.9 Å². The maximum Gasteiger partial charge on any atom is 0.305 e. The summed E-state index contributed by atoms with van der Waals surface area (Å²) in [5.74, 6) is 1.63. The van der Waals surface area contributed by atoms with E-state index in [1.54, 1.807) is 138 Å².